The van der Waals surface area contributed by atoms with Crippen molar-refractivity contribution >= 4 is 40.4 Å². The number of benzene rings is 3. The van der Waals surface area contributed by atoms with Gasteiger partial charge in [0.25, 0.3) is 5.91 Å². The van der Waals surface area contributed by atoms with Crippen LogP contribution in [0.4, 0.5) is 5.69 Å². The Morgan fingerprint density at radius 2 is 1.79 bits per heavy atom. The van der Waals surface area contributed by atoms with E-state index in [1.807, 2.05) is 61.5 Å². The summed E-state index contributed by atoms with van der Waals surface area (Å²) in [6.45, 7) is 0.520. The Bertz CT molecular complexity index is 984. The van der Waals surface area contributed by atoms with Gasteiger partial charge in [-0.05, 0) is 88.3 Å². The van der Waals surface area contributed by atoms with Crippen molar-refractivity contribution in [3.05, 3.63) is 93.1 Å². The second-order valence-electron chi connectivity index (χ2n) is 6.63. The summed E-state index contributed by atoms with van der Waals surface area (Å²) in [6.07, 6.45) is 1.61. The van der Waals surface area contributed by atoms with E-state index in [0.717, 1.165) is 22.6 Å². The van der Waals surface area contributed by atoms with Crippen molar-refractivity contribution in [3.63, 3.8) is 0 Å². The molecule has 1 amide bonds. The first-order valence-electron chi connectivity index (χ1n) is 9.09. The summed E-state index contributed by atoms with van der Waals surface area (Å²) in [5.74, 6) is 0.535. The Hall–Kier alpha value is -2.87. The molecule has 148 valence electrons. The van der Waals surface area contributed by atoms with Crippen molar-refractivity contribution in [2.24, 2.45) is 5.10 Å². The van der Waals surface area contributed by atoms with Crippen LogP contribution in [0.5, 0.6) is 5.75 Å². The molecule has 0 saturated carbocycles. The summed E-state index contributed by atoms with van der Waals surface area (Å²) in [7, 11) is 3.87. The number of hydrogen-bond donors (Lipinski definition) is 1. The molecule has 3 rings (SSSR count). The van der Waals surface area contributed by atoms with E-state index in [9.17, 15) is 4.79 Å². The zero-order chi connectivity index (χ0) is 20.6. The summed E-state index contributed by atoms with van der Waals surface area (Å²) in [4.78, 5) is 14.2. The van der Waals surface area contributed by atoms with Crippen molar-refractivity contribution in [1.82, 2.24) is 5.43 Å². The van der Waals surface area contributed by atoms with Crippen LogP contribution < -0.4 is 15.1 Å². The number of hydrogen-bond acceptors (Lipinski definition) is 4. The van der Waals surface area contributed by atoms with Gasteiger partial charge >= 0.3 is 0 Å². The van der Waals surface area contributed by atoms with Gasteiger partial charge in [-0.2, -0.15) is 5.10 Å². The topological polar surface area (TPSA) is 53.9 Å². The second-order valence-corrected chi connectivity index (χ2v) is 7.87. The molecule has 0 heterocycles. The van der Waals surface area contributed by atoms with Crippen LogP contribution in [0.25, 0.3) is 0 Å². The molecule has 0 saturated heterocycles. The molecule has 0 aliphatic rings. The molecule has 1 N–H and O–H groups in total. The minimum Gasteiger partial charge on any atom is -0.489 e. The number of amides is 1. The zero-order valence-corrected chi connectivity index (χ0v) is 18.5. The van der Waals surface area contributed by atoms with E-state index in [0.29, 0.717) is 12.2 Å². The summed E-state index contributed by atoms with van der Waals surface area (Å²) in [5.41, 5.74) is 6.07. The number of hydrazone groups is 1. The van der Waals surface area contributed by atoms with Gasteiger partial charge in [-0.3, -0.25) is 4.79 Å². The largest absolute Gasteiger partial charge is 0.489 e. The molecule has 5 nitrogen and oxygen atoms in total. The Morgan fingerprint density at radius 3 is 2.48 bits per heavy atom. The number of nitrogens with zero attached hydrogens (tertiary/aromatic N) is 2. The number of carbonyl (C=O) groups excluding carboxylic acids is 1. The van der Waals surface area contributed by atoms with Crippen LogP contribution in [0, 0.1) is 3.57 Å². The highest BCUT2D eigenvalue weighted by atomic mass is 127. The lowest BCUT2D eigenvalue weighted by molar-refractivity contribution is 0.0955. The van der Waals surface area contributed by atoms with Crippen LogP contribution in [0.3, 0.4) is 0 Å². The molecule has 6 heteroatoms. The number of nitrogens with one attached hydrogen (secondary N) is 1. The van der Waals surface area contributed by atoms with E-state index in [1.54, 1.807) is 12.3 Å². The van der Waals surface area contributed by atoms with Gasteiger partial charge < -0.3 is 9.64 Å². The minimum absolute atomic E-state index is 0.248. The molecular weight excluding hydrogens is 477 g/mol. The quantitative estimate of drug-likeness (QED) is 0.291. The summed E-state index contributed by atoms with van der Waals surface area (Å²) < 4.78 is 7.00. The third kappa shape index (κ3) is 6.32. The maximum atomic E-state index is 12.2. The Kier molecular flexibility index (Phi) is 7.24. The van der Waals surface area contributed by atoms with Gasteiger partial charge in [0.2, 0.25) is 0 Å². The van der Waals surface area contributed by atoms with Crippen LogP contribution in [-0.2, 0) is 6.61 Å². The average Bonchev–Trinajstić information content (AvgIpc) is 2.74. The molecule has 3 aromatic rings. The van der Waals surface area contributed by atoms with E-state index >= 15 is 0 Å². The Balaban J connectivity index is 1.52. The van der Waals surface area contributed by atoms with Crippen LogP contribution in [0.2, 0.25) is 0 Å². The fourth-order valence-electron chi connectivity index (χ4n) is 2.55. The molecule has 0 spiro atoms. The third-order valence-electron chi connectivity index (χ3n) is 4.20. The fraction of sp³-hybridized carbons (Fsp3) is 0.130. The molecule has 0 atom stereocenters. The van der Waals surface area contributed by atoms with E-state index in [1.165, 1.54) is 3.57 Å². The van der Waals surface area contributed by atoms with Gasteiger partial charge in [-0.15, -0.1) is 0 Å². The minimum atomic E-state index is -0.248. The van der Waals surface area contributed by atoms with Crippen molar-refractivity contribution in [2.45, 2.75) is 6.61 Å². The van der Waals surface area contributed by atoms with E-state index in [2.05, 4.69) is 57.4 Å². The summed E-state index contributed by atoms with van der Waals surface area (Å²) in [5, 5.41) is 4.04. The molecular formula is C23H22IN3O2. The number of ether oxygens (including phenoxy) is 1. The number of anilines is 1. The van der Waals surface area contributed by atoms with Gasteiger partial charge in [-0.1, -0.05) is 18.2 Å². The normalized spacial score (nSPS) is 10.7. The first-order valence-corrected chi connectivity index (χ1v) is 10.2. The van der Waals surface area contributed by atoms with Crippen LogP contribution in [0.1, 0.15) is 21.5 Å². The van der Waals surface area contributed by atoms with E-state index < -0.39 is 0 Å². The van der Waals surface area contributed by atoms with Gasteiger partial charge in [0.15, 0.2) is 0 Å². The number of halogens is 1. The maximum Gasteiger partial charge on any atom is 0.271 e. The SMILES string of the molecule is CN(C)c1cccc(C(=O)NN=Cc2ccc(OCc3ccc(I)cc3)cc2)c1. The Morgan fingerprint density at radius 1 is 1.07 bits per heavy atom. The van der Waals surface area contributed by atoms with Crippen molar-refractivity contribution in [3.8, 4) is 5.75 Å². The third-order valence-corrected chi connectivity index (χ3v) is 4.92. The molecule has 3 aromatic carbocycles. The smallest absolute Gasteiger partial charge is 0.271 e. The second kappa shape index (κ2) is 10.1. The van der Waals surface area contributed by atoms with E-state index in [4.69, 9.17) is 4.74 Å². The van der Waals surface area contributed by atoms with Crippen LogP contribution in [-0.4, -0.2) is 26.2 Å². The van der Waals surface area contributed by atoms with Crippen molar-refractivity contribution < 1.29 is 9.53 Å². The van der Waals surface area contributed by atoms with Crippen LogP contribution in [0.15, 0.2) is 77.9 Å². The van der Waals surface area contributed by atoms with Gasteiger partial charge in [-0.25, -0.2) is 5.43 Å². The summed E-state index contributed by atoms with van der Waals surface area (Å²) >= 11 is 2.28. The first kappa shape index (κ1) is 20.9. The van der Waals surface area contributed by atoms with Crippen molar-refractivity contribution in [2.75, 3.05) is 19.0 Å². The molecule has 0 unspecified atom stereocenters. The predicted molar refractivity (Wildman–Crippen MR) is 126 cm³/mol. The number of carbonyl (C=O) groups is 1. The van der Waals surface area contributed by atoms with Crippen molar-refractivity contribution in [1.29, 1.82) is 0 Å². The van der Waals surface area contributed by atoms with Gasteiger partial charge in [0.05, 0.1) is 6.21 Å². The lowest BCUT2D eigenvalue weighted by Gasteiger charge is -2.12. The molecule has 29 heavy (non-hydrogen) atoms. The molecule has 0 aliphatic carbocycles. The Labute approximate surface area is 184 Å². The predicted octanol–water partition coefficient (Wildman–Crippen LogP) is 4.70. The molecule has 0 bridgehead atoms. The summed E-state index contributed by atoms with van der Waals surface area (Å²) in [6, 6.07) is 23.2. The molecule has 0 aromatic heterocycles. The lowest BCUT2D eigenvalue weighted by atomic mass is 10.2. The highest BCUT2D eigenvalue weighted by Crippen LogP contribution is 2.15. The first-order chi connectivity index (χ1) is 14.0. The van der Waals surface area contributed by atoms with Gasteiger partial charge in [0.1, 0.15) is 12.4 Å². The highest BCUT2D eigenvalue weighted by Gasteiger charge is 2.05. The maximum absolute atomic E-state index is 12.2. The van der Waals surface area contributed by atoms with Crippen LogP contribution >= 0.6 is 22.6 Å². The van der Waals surface area contributed by atoms with E-state index in [-0.39, 0.29) is 5.91 Å². The average molecular weight is 499 g/mol. The lowest BCUT2D eigenvalue weighted by Crippen LogP contribution is -2.18. The number of rotatable bonds is 7. The molecule has 0 fully saturated rings. The molecule has 0 aliphatic heterocycles. The standard InChI is InChI=1S/C23H22IN3O2/c1-27(2)21-5-3-4-19(14-21)23(28)26-25-15-17-8-12-22(13-9-17)29-16-18-6-10-20(24)11-7-18/h3-15H,16H2,1-2H3,(H,26,28). The van der Waals surface area contributed by atoms with Gasteiger partial charge in [0, 0.05) is 28.9 Å². The fourth-order valence-corrected chi connectivity index (χ4v) is 2.91. The molecule has 0 radical (unpaired) electrons. The zero-order valence-electron chi connectivity index (χ0n) is 16.3. The monoisotopic (exact) mass is 499 g/mol. The highest BCUT2D eigenvalue weighted by molar-refractivity contribution is 14.1.